The van der Waals surface area contributed by atoms with Gasteiger partial charge in [0.1, 0.15) is 5.52 Å². The molecule has 0 spiro atoms. The van der Waals surface area contributed by atoms with Gasteiger partial charge in [-0.05, 0) is 11.6 Å². The van der Waals surface area contributed by atoms with Gasteiger partial charge in [-0.15, -0.1) is 5.10 Å². The monoisotopic (exact) mass is 244 g/mol. The third kappa shape index (κ3) is 1.87. The fraction of sp³-hybridized carbons (Fsp3) is 0.0833. The Kier molecular flexibility index (Phi) is 2.49. The zero-order valence-corrected chi connectivity index (χ0v) is 9.67. The van der Waals surface area contributed by atoms with Crippen LogP contribution < -0.4 is 0 Å². The molecule has 0 saturated heterocycles. The molecule has 0 radical (unpaired) electrons. The van der Waals surface area contributed by atoms with E-state index in [-0.39, 0.29) is 0 Å². The molecule has 0 N–H and O–H groups in total. The standard InChI is InChI=1S/C12H9ClN4/c13-12-11-10(6-7-14-12)17(16-15-11)8-9-4-2-1-3-5-9/h1-7H,8H2. The minimum atomic E-state index is 0.391. The Morgan fingerprint density at radius 1 is 1.12 bits per heavy atom. The van der Waals surface area contributed by atoms with Crippen LogP contribution in [-0.2, 0) is 6.54 Å². The molecule has 0 amide bonds. The van der Waals surface area contributed by atoms with Crippen LogP contribution in [0.2, 0.25) is 5.15 Å². The summed E-state index contributed by atoms with van der Waals surface area (Å²) in [4.78, 5) is 3.98. The Bertz CT molecular complexity index is 648. The molecule has 4 nitrogen and oxygen atoms in total. The van der Waals surface area contributed by atoms with Gasteiger partial charge in [0.25, 0.3) is 0 Å². The van der Waals surface area contributed by atoms with Gasteiger partial charge in [-0.2, -0.15) is 0 Å². The molecule has 5 heteroatoms. The van der Waals surface area contributed by atoms with Crippen molar-refractivity contribution in [3.8, 4) is 0 Å². The Labute approximate surface area is 103 Å². The lowest BCUT2D eigenvalue weighted by Crippen LogP contribution is -2.01. The molecule has 84 valence electrons. The maximum atomic E-state index is 5.95. The smallest absolute Gasteiger partial charge is 0.158 e. The van der Waals surface area contributed by atoms with E-state index in [2.05, 4.69) is 27.4 Å². The first-order chi connectivity index (χ1) is 8.34. The van der Waals surface area contributed by atoms with Crippen molar-refractivity contribution in [2.45, 2.75) is 6.54 Å². The van der Waals surface area contributed by atoms with Gasteiger partial charge < -0.3 is 0 Å². The molecule has 3 rings (SSSR count). The van der Waals surface area contributed by atoms with E-state index < -0.39 is 0 Å². The third-order valence-electron chi connectivity index (χ3n) is 2.56. The second kappa shape index (κ2) is 4.14. The zero-order valence-electron chi connectivity index (χ0n) is 8.92. The highest BCUT2D eigenvalue weighted by atomic mass is 35.5. The Hall–Kier alpha value is -1.94. The predicted molar refractivity (Wildman–Crippen MR) is 65.9 cm³/mol. The molecule has 2 heterocycles. The molecule has 3 aromatic rings. The molecule has 0 aliphatic rings. The van der Waals surface area contributed by atoms with E-state index in [1.165, 1.54) is 5.56 Å². The molecule has 0 aliphatic heterocycles. The minimum absolute atomic E-state index is 0.391. The molecule has 1 aromatic carbocycles. The van der Waals surface area contributed by atoms with Crippen LogP contribution in [0.4, 0.5) is 0 Å². The van der Waals surface area contributed by atoms with Crippen LogP contribution in [0.15, 0.2) is 42.6 Å². The molecule has 0 atom stereocenters. The summed E-state index contributed by atoms with van der Waals surface area (Å²) in [5.41, 5.74) is 2.71. The normalized spacial score (nSPS) is 10.9. The number of hydrogen-bond acceptors (Lipinski definition) is 3. The van der Waals surface area contributed by atoms with Crippen LogP contribution in [0.1, 0.15) is 5.56 Å². The highest BCUT2D eigenvalue weighted by Gasteiger charge is 2.08. The van der Waals surface area contributed by atoms with Crippen molar-refractivity contribution in [3.63, 3.8) is 0 Å². The summed E-state index contributed by atoms with van der Waals surface area (Å²) >= 11 is 5.95. The maximum absolute atomic E-state index is 5.95. The van der Waals surface area contributed by atoms with Crippen molar-refractivity contribution in [2.24, 2.45) is 0 Å². The van der Waals surface area contributed by atoms with Gasteiger partial charge in [0.05, 0.1) is 12.1 Å². The van der Waals surface area contributed by atoms with Crippen molar-refractivity contribution in [1.29, 1.82) is 0 Å². The van der Waals surface area contributed by atoms with E-state index in [9.17, 15) is 0 Å². The van der Waals surface area contributed by atoms with Crippen molar-refractivity contribution in [1.82, 2.24) is 20.0 Å². The Balaban J connectivity index is 2.05. The number of halogens is 1. The van der Waals surface area contributed by atoms with Gasteiger partial charge in [-0.25, -0.2) is 9.67 Å². The van der Waals surface area contributed by atoms with Gasteiger partial charge in [-0.3, -0.25) is 0 Å². The maximum Gasteiger partial charge on any atom is 0.158 e. The summed E-state index contributed by atoms with van der Waals surface area (Å²) in [6.45, 7) is 0.678. The summed E-state index contributed by atoms with van der Waals surface area (Å²) in [6.07, 6.45) is 1.66. The lowest BCUT2D eigenvalue weighted by atomic mass is 10.2. The molecule has 0 bridgehead atoms. The van der Waals surface area contributed by atoms with Crippen LogP contribution in [0.3, 0.4) is 0 Å². The number of aromatic nitrogens is 4. The van der Waals surface area contributed by atoms with E-state index in [1.807, 2.05) is 28.9 Å². The molecule has 0 fully saturated rings. The van der Waals surface area contributed by atoms with E-state index in [4.69, 9.17) is 11.6 Å². The number of rotatable bonds is 2. The number of hydrogen-bond donors (Lipinski definition) is 0. The van der Waals surface area contributed by atoms with Crippen LogP contribution in [0, 0.1) is 0 Å². The lowest BCUT2D eigenvalue weighted by Gasteiger charge is -2.01. The molecular weight excluding hydrogens is 236 g/mol. The van der Waals surface area contributed by atoms with Crippen LogP contribution in [0.5, 0.6) is 0 Å². The van der Waals surface area contributed by atoms with Crippen LogP contribution in [0.25, 0.3) is 11.0 Å². The Morgan fingerprint density at radius 3 is 2.76 bits per heavy atom. The predicted octanol–water partition coefficient (Wildman–Crippen LogP) is 2.53. The number of benzene rings is 1. The van der Waals surface area contributed by atoms with Gasteiger partial charge in [0.15, 0.2) is 5.15 Å². The van der Waals surface area contributed by atoms with Crippen LogP contribution in [-0.4, -0.2) is 20.0 Å². The molecule has 0 unspecified atom stereocenters. The first-order valence-electron chi connectivity index (χ1n) is 5.22. The third-order valence-corrected chi connectivity index (χ3v) is 2.84. The average molecular weight is 245 g/mol. The topological polar surface area (TPSA) is 43.6 Å². The minimum Gasteiger partial charge on any atom is -0.242 e. The van der Waals surface area contributed by atoms with Gasteiger partial charge in [0.2, 0.25) is 0 Å². The van der Waals surface area contributed by atoms with E-state index in [0.29, 0.717) is 17.2 Å². The van der Waals surface area contributed by atoms with Gasteiger partial charge >= 0.3 is 0 Å². The van der Waals surface area contributed by atoms with Crippen molar-refractivity contribution in [3.05, 3.63) is 53.3 Å². The second-order valence-electron chi connectivity index (χ2n) is 3.70. The summed E-state index contributed by atoms with van der Waals surface area (Å²) in [7, 11) is 0. The summed E-state index contributed by atoms with van der Waals surface area (Å²) < 4.78 is 1.82. The summed E-state index contributed by atoms with van der Waals surface area (Å²) in [5.74, 6) is 0. The second-order valence-corrected chi connectivity index (χ2v) is 4.06. The molecule has 0 aliphatic carbocycles. The first-order valence-corrected chi connectivity index (χ1v) is 5.60. The van der Waals surface area contributed by atoms with E-state index in [0.717, 1.165) is 5.52 Å². The van der Waals surface area contributed by atoms with Crippen molar-refractivity contribution in [2.75, 3.05) is 0 Å². The number of nitrogens with zero attached hydrogens (tertiary/aromatic N) is 4. The fourth-order valence-corrected chi connectivity index (χ4v) is 1.93. The highest BCUT2D eigenvalue weighted by molar-refractivity contribution is 6.33. The van der Waals surface area contributed by atoms with E-state index >= 15 is 0 Å². The number of fused-ring (bicyclic) bond motifs is 1. The van der Waals surface area contributed by atoms with Crippen molar-refractivity contribution < 1.29 is 0 Å². The van der Waals surface area contributed by atoms with Gasteiger partial charge in [-0.1, -0.05) is 47.1 Å². The molecule has 0 saturated carbocycles. The highest BCUT2D eigenvalue weighted by Crippen LogP contribution is 2.18. The first kappa shape index (κ1) is 10.2. The zero-order chi connectivity index (χ0) is 11.7. The fourth-order valence-electron chi connectivity index (χ4n) is 1.74. The van der Waals surface area contributed by atoms with Crippen molar-refractivity contribution >= 4 is 22.6 Å². The molecule has 2 aromatic heterocycles. The van der Waals surface area contributed by atoms with Crippen LogP contribution >= 0.6 is 11.6 Å². The quantitative estimate of drug-likeness (QED) is 0.651. The lowest BCUT2D eigenvalue weighted by molar-refractivity contribution is 0.670. The SMILES string of the molecule is Clc1nccc2c1nnn2Cc1ccccc1. The van der Waals surface area contributed by atoms with E-state index in [1.54, 1.807) is 6.20 Å². The summed E-state index contributed by atoms with van der Waals surface area (Å²) in [5, 5.41) is 8.52. The summed E-state index contributed by atoms with van der Waals surface area (Å²) in [6, 6.07) is 12.0. The van der Waals surface area contributed by atoms with Gasteiger partial charge in [0, 0.05) is 6.20 Å². The average Bonchev–Trinajstić information content (AvgIpc) is 2.76. The molecule has 17 heavy (non-hydrogen) atoms. The molecular formula is C12H9ClN4. The largest absolute Gasteiger partial charge is 0.242 e. The number of pyridine rings is 1. The Morgan fingerprint density at radius 2 is 1.94 bits per heavy atom.